The Hall–Kier alpha value is -1.91. The van der Waals surface area contributed by atoms with Gasteiger partial charge in [0.2, 0.25) is 0 Å². The molecule has 2 heterocycles. The van der Waals surface area contributed by atoms with Crippen LogP contribution in [0.3, 0.4) is 0 Å². The molecule has 0 aromatic carbocycles. The van der Waals surface area contributed by atoms with Crippen LogP contribution in [0.25, 0.3) is 5.52 Å². The smallest absolute Gasteiger partial charge is 0.356 e. The number of carbonyl (C=O) groups excluding carboxylic acids is 1. The Morgan fingerprint density at radius 3 is 2.87 bits per heavy atom. The molecular formula is C10H11N3O2. The third-order valence-electron chi connectivity index (χ3n) is 2.41. The lowest BCUT2D eigenvalue weighted by atomic mass is 10.2. The Labute approximate surface area is 86.7 Å². The van der Waals surface area contributed by atoms with Gasteiger partial charge in [-0.2, -0.15) is 5.10 Å². The number of hydrogen-bond acceptors (Lipinski definition) is 4. The molecule has 2 rings (SSSR count). The standard InChI is InChI=1S/C10H11N3O2/c1-6-7(2)12-13-5-11-8(4-9(6)13)10(14)15-3/h4-5H,1-3H3. The van der Waals surface area contributed by atoms with Gasteiger partial charge in [0, 0.05) is 0 Å². The van der Waals surface area contributed by atoms with Gasteiger partial charge in [0.05, 0.1) is 18.3 Å². The number of aromatic nitrogens is 3. The van der Waals surface area contributed by atoms with Crippen LogP contribution in [-0.2, 0) is 4.74 Å². The molecule has 0 amide bonds. The summed E-state index contributed by atoms with van der Waals surface area (Å²) in [7, 11) is 1.34. The molecule has 0 aliphatic carbocycles. The van der Waals surface area contributed by atoms with Crippen LogP contribution in [0.5, 0.6) is 0 Å². The zero-order chi connectivity index (χ0) is 11.0. The van der Waals surface area contributed by atoms with Gasteiger partial charge < -0.3 is 4.74 Å². The van der Waals surface area contributed by atoms with Crippen LogP contribution >= 0.6 is 0 Å². The van der Waals surface area contributed by atoms with Crippen LogP contribution < -0.4 is 0 Å². The summed E-state index contributed by atoms with van der Waals surface area (Å²) in [4.78, 5) is 15.2. The van der Waals surface area contributed by atoms with Crippen molar-refractivity contribution >= 4 is 11.5 Å². The zero-order valence-corrected chi connectivity index (χ0v) is 8.81. The number of aryl methyl sites for hydroxylation is 2. The first-order valence-electron chi connectivity index (χ1n) is 4.53. The summed E-state index contributed by atoms with van der Waals surface area (Å²) in [5.74, 6) is -0.434. The summed E-state index contributed by atoms with van der Waals surface area (Å²) in [5, 5.41) is 4.24. The average Bonchev–Trinajstić information content (AvgIpc) is 2.54. The van der Waals surface area contributed by atoms with Crippen LogP contribution in [0.15, 0.2) is 12.4 Å². The average molecular weight is 205 g/mol. The van der Waals surface area contributed by atoms with Crippen LogP contribution in [0, 0.1) is 13.8 Å². The summed E-state index contributed by atoms with van der Waals surface area (Å²) in [5.41, 5.74) is 3.15. The SMILES string of the molecule is COC(=O)c1cc2c(C)c(C)nn2cn1. The highest BCUT2D eigenvalue weighted by molar-refractivity contribution is 5.88. The van der Waals surface area contributed by atoms with Crippen molar-refractivity contribution in [3.05, 3.63) is 29.3 Å². The third kappa shape index (κ3) is 1.45. The van der Waals surface area contributed by atoms with E-state index in [9.17, 15) is 4.79 Å². The van der Waals surface area contributed by atoms with Gasteiger partial charge in [-0.05, 0) is 25.5 Å². The Bertz CT molecular complexity index is 531. The maximum Gasteiger partial charge on any atom is 0.356 e. The lowest BCUT2D eigenvalue weighted by Crippen LogP contribution is -2.05. The van der Waals surface area contributed by atoms with Gasteiger partial charge in [-0.25, -0.2) is 14.3 Å². The number of ether oxygens (including phenoxy) is 1. The first-order valence-corrected chi connectivity index (χ1v) is 4.53. The number of methoxy groups -OCH3 is 1. The predicted octanol–water partition coefficient (Wildman–Crippen LogP) is 1.13. The van der Waals surface area contributed by atoms with E-state index in [0.29, 0.717) is 5.69 Å². The van der Waals surface area contributed by atoms with E-state index in [4.69, 9.17) is 0 Å². The summed E-state index contributed by atoms with van der Waals surface area (Å²) < 4.78 is 6.25. The third-order valence-corrected chi connectivity index (χ3v) is 2.41. The Morgan fingerprint density at radius 1 is 1.47 bits per heavy atom. The number of fused-ring (bicyclic) bond motifs is 1. The molecule has 5 nitrogen and oxygen atoms in total. The Kier molecular flexibility index (Phi) is 2.15. The number of rotatable bonds is 1. The number of nitrogens with zero attached hydrogens (tertiary/aromatic N) is 3. The fourth-order valence-electron chi connectivity index (χ4n) is 1.41. The van der Waals surface area contributed by atoms with Crippen molar-refractivity contribution in [2.45, 2.75) is 13.8 Å². The van der Waals surface area contributed by atoms with Crippen molar-refractivity contribution in [1.29, 1.82) is 0 Å². The highest BCUT2D eigenvalue weighted by Crippen LogP contribution is 2.14. The highest BCUT2D eigenvalue weighted by Gasteiger charge is 2.11. The van der Waals surface area contributed by atoms with Gasteiger partial charge in [-0.1, -0.05) is 0 Å². The fourth-order valence-corrected chi connectivity index (χ4v) is 1.41. The highest BCUT2D eigenvalue weighted by atomic mass is 16.5. The van der Waals surface area contributed by atoms with E-state index in [2.05, 4.69) is 14.8 Å². The normalized spacial score (nSPS) is 10.6. The molecule has 78 valence electrons. The second-order valence-corrected chi connectivity index (χ2v) is 3.31. The topological polar surface area (TPSA) is 56.5 Å². The Morgan fingerprint density at radius 2 is 2.20 bits per heavy atom. The fraction of sp³-hybridized carbons (Fsp3) is 0.300. The summed E-state index contributed by atoms with van der Waals surface area (Å²) in [6, 6.07) is 1.68. The molecule has 5 heteroatoms. The lowest BCUT2D eigenvalue weighted by molar-refractivity contribution is 0.0594. The molecule has 0 aliphatic rings. The van der Waals surface area contributed by atoms with Crippen LogP contribution in [0.2, 0.25) is 0 Å². The van der Waals surface area contributed by atoms with E-state index in [1.54, 1.807) is 10.6 Å². The molecule has 15 heavy (non-hydrogen) atoms. The molecule has 0 aliphatic heterocycles. The van der Waals surface area contributed by atoms with E-state index >= 15 is 0 Å². The zero-order valence-electron chi connectivity index (χ0n) is 8.81. The molecule has 0 atom stereocenters. The van der Waals surface area contributed by atoms with E-state index < -0.39 is 5.97 Å². The monoisotopic (exact) mass is 205 g/mol. The molecule has 0 saturated carbocycles. The number of carbonyl (C=O) groups is 1. The largest absolute Gasteiger partial charge is 0.464 e. The van der Waals surface area contributed by atoms with Crippen LogP contribution in [-0.4, -0.2) is 27.7 Å². The van der Waals surface area contributed by atoms with Gasteiger partial charge in [-0.3, -0.25) is 0 Å². The molecule has 0 spiro atoms. The van der Waals surface area contributed by atoms with Crippen molar-refractivity contribution in [3.63, 3.8) is 0 Å². The second-order valence-electron chi connectivity index (χ2n) is 3.31. The molecule has 0 fully saturated rings. The number of esters is 1. The minimum atomic E-state index is -0.434. The van der Waals surface area contributed by atoms with Crippen LogP contribution in [0.1, 0.15) is 21.7 Å². The molecule has 0 radical (unpaired) electrons. The summed E-state index contributed by atoms with van der Waals surface area (Å²) in [6.07, 6.45) is 1.52. The molecular weight excluding hydrogens is 194 g/mol. The van der Waals surface area contributed by atoms with Gasteiger partial charge in [-0.15, -0.1) is 0 Å². The van der Waals surface area contributed by atoms with E-state index in [0.717, 1.165) is 16.8 Å². The quantitative estimate of drug-likeness (QED) is 0.655. The first-order chi connectivity index (χ1) is 7.13. The van der Waals surface area contributed by atoms with E-state index in [1.165, 1.54) is 13.4 Å². The van der Waals surface area contributed by atoms with Crippen molar-refractivity contribution in [3.8, 4) is 0 Å². The van der Waals surface area contributed by atoms with Gasteiger partial charge in [0.25, 0.3) is 0 Å². The van der Waals surface area contributed by atoms with Crippen molar-refractivity contribution < 1.29 is 9.53 Å². The molecule has 0 bridgehead atoms. The van der Waals surface area contributed by atoms with Gasteiger partial charge in [0.1, 0.15) is 6.33 Å². The Balaban J connectivity index is 2.64. The predicted molar refractivity (Wildman–Crippen MR) is 53.8 cm³/mol. The van der Waals surface area contributed by atoms with Gasteiger partial charge in [0.15, 0.2) is 5.69 Å². The van der Waals surface area contributed by atoms with Crippen LogP contribution in [0.4, 0.5) is 0 Å². The maximum absolute atomic E-state index is 11.3. The van der Waals surface area contributed by atoms with Gasteiger partial charge >= 0.3 is 5.97 Å². The molecule has 0 N–H and O–H groups in total. The maximum atomic E-state index is 11.3. The van der Waals surface area contributed by atoms with Crippen molar-refractivity contribution in [2.75, 3.05) is 7.11 Å². The summed E-state index contributed by atoms with van der Waals surface area (Å²) >= 11 is 0. The van der Waals surface area contributed by atoms with E-state index in [1.807, 2.05) is 13.8 Å². The lowest BCUT2D eigenvalue weighted by Gasteiger charge is -1.98. The van der Waals surface area contributed by atoms with E-state index in [-0.39, 0.29) is 0 Å². The molecule has 2 aromatic rings. The molecule has 2 aromatic heterocycles. The molecule has 0 unspecified atom stereocenters. The van der Waals surface area contributed by atoms with Crippen molar-refractivity contribution in [2.24, 2.45) is 0 Å². The summed E-state index contributed by atoms with van der Waals surface area (Å²) in [6.45, 7) is 3.87. The molecule has 0 saturated heterocycles. The second kappa shape index (κ2) is 3.34. The minimum Gasteiger partial charge on any atom is -0.464 e. The minimum absolute atomic E-state index is 0.299. The van der Waals surface area contributed by atoms with Crippen molar-refractivity contribution in [1.82, 2.24) is 14.6 Å². The first kappa shape index (κ1) is 9.64. The number of hydrogen-bond donors (Lipinski definition) is 0.